The van der Waals surface area contributed by atoms with Gasteiger partial charge in [-0.3, -0.25) is 0 Å². The first kappa shape index (κ1) is 12.3. The number of aliphatic hydroxyl groups excluding tert-OH is 1. The average molecular weight is 202 g/mol. The molecular formula is C8H10O6. The normalized spacial score (nSPS) is 10.1. The molecule has 2 N–H and O–H groups in total. The summed E-state index contributed by atoms with van der Waals surface area (Å²) < 4.78 is 8.33. The maximum atomic E-state index is 10.6. The van der Waals surface area contributed by atoms with E-state index in [1.165, 1.54) is 0 Å². The van der Waals surface area contributed by atoms with Gasteiger partial charge in [0.15, 0.2) is 0 Å². The first-order chi connectivity index (χ1) is 6.47. The maximum Gasteiger partial charge on any atom is 0.398 e. The highest BCUT2D eigenvalue weighted by molar-refractivity contribution is 5.83. The summed E-state index contributed by atoms with van der Waals surface area (Å²) in [5.74, 6) is -4.78. The number of esters is 2. The molecule has 0 aromatic carbocycles. The Morgan fingerprint density at radius 1 is 1.21 bits per heavy atom. The molecule has 0 unspecified atom stereocenters. The van der Waals surface area contributed by atoms with Gasteiger partial charge in [0, 0.05) is 12.2 Å². The Kier molecular flexibility index (Phi) is 4.54. The fourth-order valence-electron chi connectivity index (χ4n) is 0.483. The van der Waals surface area contributed by atoms with Crippen molar-refractivity contribution in [2.24, 2.45) is 0 Å². The van der Waals surface area contributed by atoms with Gasteiger partial charge in [0.2, 0.25) is 0 Å². The molecule has 0 atom stereocenters. The number of aliphatic hydroxyl groups is 2. The number of carbonyl (C=O) groups excluding carboxylic acids is 2. The number of hydrogen-bond acceptors (Lipinski definition) is 6. The molecule has 0 heterocycles. The second-order valence-electron chi connectivity index (χ2n) is 2.12. The van der Waals surface area contributed by atoms with Crippen molar-refractivity contribution >= 4 is 11.9 Å². The van der Waals surface area contributed by atoms with Crippen molar-refractivity contribution in [1.29, 1.82) is 0 Å². The Labute approximate surface area is 80.1 Å². The van der Waals surface area contributed by atoms with Gasteiger partial charge < -0.3 is 19.7 Å². The Morgan fingerprint density at radius 2 is 1.57 bits per heavy atom. The molecule has 14 heavy (non-hydrogen) atoms. The minimum absolute atomic E-state index is 0.738. The highest BCUT2D eigenvalue weighted by Crippen LogP contribution is 2.09. The number of rotatable bonds is 5. The molecule has 6 heteroatoms. The summed E-state index contributed by atoms with van der Waals surface area (Å²) in [5, 5.41) is 17.8. The first-order valence-electron chi connectivity index (χ1n) is 3.51. The lowest BCUT2D eigenvalue weighted by atomic mass is 10.5. The van der Waals surface area contributed by atoms with Crippen LogP contribution in [0, 0.1) is 0 Å². The molecule has 78 valence electrons. The Bertz CT molecular complexity index is 235. The largest absolute Gasteiger partial charge is 0.398 e. The zero-order valence-corrected chi connectivity index (χ0v) is 7.30. The van der Waals surface area contributed by atoms with Gasteiger partial charge in [0.05, 0.1) is 0 Å². The van der Waals surface area contributed by atoms with E-state index in [-0.39, 0.29) is 0 Å². The molecule has 0 amide bonds. The molecule has 0 aliphatic carbocycles. The van der Waals surface area contributed by atoms with Crippen LogP contribution in [0.4, 0.5) is 0 Å². The number of ether oxygens (including phenoxy) is 2. The van der Waals surface area contributed by atoms with Crippen LogP contribution in [-0.4, -0.2) is 34.7 Å². The third-order valence-electron chi connectivity index (χ3n) is 1.05. The summed E-state index contributed by atoms with van der Waals surface area (Å²) in [6.07, 6.45) is 1.48. The lowest BCUT2D eigenvalue weighted by Crippen LogP contribution is -2.42. The van der Waals surface area contributed by atoms with Crippen molar-refractivity contribution in [2.75, 3.05) is 6.61 Å². The summed E-state index contributed by atoms with van der Waals surface area (Å²) in [4.78, 5) is 21.3. The Balaban J connectivity index is 4.45. The maximum absolute atomic E-state index is 10.6. The van der Waals surface area contributed by atoms with E-state index in [4.69, 9.17) is 5.11 Å². The van der Waals surface area contributed by atoms with Crippen LogP contribution >= 0.6 is 0 Å². The van der Waals surface area contributed by atoms with Gasteiger partial charge >= 0.3 is 17.9 Å². The van der Waals surface area contributed by atoms with Crippen LogP contribution in [0.15, 0.2) is 25.3 Å². The lowest BCUT2D eigenvalue weighted by molar-refractivity contribution is -0.333. The van der Waals surface area contributed by atoms with Crippen molar-refractivity contribution < 1.29 is 29.3 Å². The van der Waals surface area contributed by atoms with E-state index >= 15 is 0 Å². The van der Waals surface area contributed by atoms with Gasteiger partial charge in [-0.15, -0.1) is 0 Å². The molecule has 0 aromatic rings. The van der Waals surface area contributed by atoms with Gasteiger partial charge in [0.25, 0.3) is 0 Å². The van der Waals surface area contributed by atoms with Crippen molar-refractivity contribution in [3.8, 4) is 0 Å². The van der Waals surface area contributed by atoms with Crippen molar-refractivity contribution in [1.82, 2.24) is 0 Å². The van der Waals surface area contributed by atoms with Crippen LogP contribution in [-0.2, 0) is 19.1 Å². The Morgan fingerprint density at radius 3 is 1.79 bits per heavy atom. The van der Waals surface area contributed by atoms with Crippen LogP contribution in [0.1, 0.15) is 0 Å². The average Bonchev–Trinajstić information content (AvgIpc) is 2.17. The fourth-order valence-corrected chi connectivity index (χ4v) is 0.483. The lowest BCUT2D eigenvalue weighted by Gasteiger charge is -2.23. The molecule has 0 spiro atoms. The highest BCUT2D eigenvalue weighted by Gasteiger charge is 2.34. The third-order valence-corrected chi connectivity index (χ3v) is 1.05. The predicted molar refractivity (Wildman–Crippen MR) is 44.6 cm³/mol. The molecule has 0 saturated carbocycles. The van der Waals surface area contributed by atoms with Crippen molar-refractivity contribution in [2.45, 2.75) is 5.97 Å². The van der Waals surface area contributed by atoms with Gasteiger partial charge in [-0.25, -0.2) is 9.59 Å². The third kappa shape index (κ3) is 3.83. The molecule has 0 radical (unpaired) electrons. The van der Waals surface area contributed by atoms with Gasteiger partial charge in [-0.1, -0.05) is 13.2 Å². The smallest absolute Gasteiger partial charge is 0.393 e. The zero-order valence-electron chi connectivity index (χ0n) is 7.30. The topological polar surface area (TPSA) is 93.1 Å². The zero-order chi connectivity index (χ0) is 11.2. The molecular weight excluding hydrogens is 192 g/mol. The summed E-state index contributed by atoms with van der Waals surface area (Å²) in [6, 6.07) is 0. The summed E-state index contributed by atoms with van der Waals surface area (Å²) in [5.41, 5.74) is 0. The minimum atomic E-state index is -2.70. The van der Waals surface area contributed by atoms with Gasteiger partial charge in [-0.2, -0.15) is 0 Å². The van der Waals surface area contributed by atoms with E-state index in [9.17, 15) is 14.7 Å². The van der Waals surface area contributed by atoms with Gasteiger partial charge in [-0.05, 0) is 0 Å². The number of hydrogen-bond donors (Lipinski definition) is 2. The summed E-state index contributed by atoms with van der Waals surface area (Å²) >= 11 is 0. The van der Waals surface area contributed by atoms with Crippen LogP contribution in [0.25, 0.3) is 0 Å². The molecule has 0 aliphatic heterocycles. The van der Waals surface area contributed by atoms with E-state index in [0.29, 0.717) is 0 Å². The second-order valence-corrected chi connectivity index (χ2v) is 2.12. The number of carbonyl (C=O) groups is 2. The van der Waals surface area contributed by atoms with E-state index in [2.05, 4.69) is 22.6 Å². The molecule has 0 rings (SSSR count). The summed E-state index contributed by atoms with van der Waals surface area (Å²) in [6.45, 7) is 5.01. The molecule has 0 saturated heterocycles. The van der Waals surface area contributed by atoms with Crippen LogP contribution < -0.4 is 0 Å². The molecule has 0 bridgehead atoms. The SMILES string of the molecule is C=CC(=O)OC(O)(CO)OC(=O)C=C. The first-order valence-corrected chi connectivity index (χ1v) is 3.51. The van der Waals surface area contributed by atoms with Crippen LogP contribution in [0.2, 0.25) is 0 Å². The Hall–Kier alpha value is -1.66. The van der Waals surface area contributed by atoms with E-state index in [0.717, 1.165) is 12.2 Å². The van der Waals surface area contributed by atoms with Crippen molar-refractivity contribution in [3.05, 3.63) is 25.3 Å². The van der Waals surface area contributed by atoms with Gasteiger partial charge in [0.1, 0.15) is 6.61 Å². The monoisotopic (exact) mass is 202 g/mol. The van der Waals surface area contributed by atoms with Crippen molar-refractivity contribution in [3.63, 3.8) is 0 Å². The van der Waals surface area contributed by atoms with E-state index in [1.54, 1.807) is 0 Å². The quantitative estimate of drug-likeness (QED) is 0.340. The van der Waals surface area contributed by atoms with Crippen LogP contribution in [0.3, 0.4) is 0 Å². The van der Waals surface area contributed by atoms with E-state index < -0.39 is 24.5 Å². The predicted octanol–water partition coefficient (Wildman–Crippen LogP) is -0.917. The fraction of sp³-hybridized carbons (Fsp3) is 0.250. The molecule has 0 aromatic heterocycles. The summed E-state index contributed by atoms with van der Waals surface area (Å²) in [7, 11) is 0. The highest BCUT2D eigenvalue weighted by atomic mass is 16.8. The van der Waals surface area contributed by atoms with E-state index in [1.807, 2.05) is 0 Å². The van der Waals surface area contributed by atoms with Crippen LogP contribution in [0.5, 0.6) is 0 Å². The molecule has 0 fully saturated rings. The molecule has 0 aliphatic rings. The standard InChI is InChI=1S/C8H10O6/c1-3-6(10)13-8(12,5-9)14-7(11)4-2/h3-4,9,12H,1-2,5H2. The minimum Gasteiger partial charge on any atom is -0.393 e. The second kappa shape index (κ2) is 5.15. The molecule has 6 nitrogen and oxygen atoms in total.